The summed E-state index contributed by atoms with van der Waals surface area (Å²) in [6, 6.07) is 21.6. The minimum absolute atomic E-state index is 0.0105. The molecule has 4 aromatic rings. The molecular formula is C26H21ClN4O4. The van der Waals surface area contributed by atoms with Gasteiger partial charge in [-0.1, -0.05) is 22.8 Å². The Balaban J connectivity index is 1.24. The molecule has 1 N–H and O–H groups in total. The summed E-state index contributed by atoms with van der Waals surface area (Å²) >= 11 is 6.07. The maximum Gasteiger partial charge on any atom is 0.232 e. The lowest BCUT2D eigenvalue weighted by atomic mass is 10.1. The van der Waals surface area contributed by atoms with E-state index in [4.69, 9.17) is 20.9 Å². The van der Waals surface area contributed by atoms with Crippen molar-refractivity contribution in [3.8, 4) is 22.9 Å². The number of hydrogen-bond donors (Lipinski definition) is 1. The van der Waals surface area contributed by atoms with Gasteiger partial charge in [-0.2, -0.15) is 4.98 Å². The summed E-state index contributed by atoms with van der Waals surface area (Å²) in [6.07, 6.45) is 0.293. The van der Waals surface area contributed by atoms with Gasteiger partial charge in [0, 0.05) is 41.9 Å². The molecule has 5 rings (SSSR count). The van der Waals surface area contributed by atoms with Crippen LogP contribution in [-0.4, -0.2) is 28.5 Å². The van der Waals surface area contributed by atoms with E-state index < -0.39 is 0 Å². The van der Waals surface area contributed by atoms with Crippen LogP contribution in [0.3, 0.4) is 0 Å². The van der Waals surface area contributed by atoms with Crippen LogP contribution in [0.25, 0.3) is 11.4 Å². The molecule has 1 aliphatic heterocycles. The lowest BCUT2D eigenvalue weighted by Gasteiger charge is -2.16. The van der Waals surface area contributed by atoms with E-state index in [0.29, 0.717) is 46.9 Å². The van der Waals surface area contributed by atoms with Crippen LogP contribution in [0, 0.1) is 0 Å². The van der Waals surface area contributed by atoms with E-state index in [1.54, 1.807) is 41.3 Å². The lowest BCUT2D eigenvalue weighted by molar-refractivity contribution is -0.117. The molecule has 176 valence electrons. The van der Waals surface area contributed by atoms with E-state index in [1.165, 1.54) is 6.92 Å². The first kappa shape index (κ1) is 22.6. The Morgan fingerprint density at radius 2 is 1.80 bits per heavy atom. The second kappa shape index (κ2) is 9.60. The van der Waals surface area contributed by atoms with Crippen LogP contribution in [0.2, 0.25) is 5.02 Å². The van der Waals surface area contributed by atoms with Crippen molar-refractivity contribution in [2.45, 2.75) is 19.3 Å². The van der Waals surface area contributed by atoms with E-state index in [9.17, 15) is 9.59 Å². The molecule has 0 radical (unpaired) electrons. The van der Waals surface area contributed by atoms with E-state index in [2.05, 4.69) is 15.5 Å². The first-order valence-electron chi connectivity index (χ1n) is 11.0. The normalized spacial score (nSPS) is 15.3. The molecular weight excluding hydrogens is 468 g/mol. The van der Waals surface area contributed by atoms with Gasteiger partial charge in [-0.3, -0.25) is 9.59 Å². The Morgan fingerprint density at radius 1 is 1.09 bits per heavy atom. The van der Waals surface area contributed by atoms with E-state index in [1.807, 2.05) is 36.4 Å². The molecule has 1 fully saturated rings. The van der Waals surface area contributed by atoms with Gasteiger partial charge in [-0.25, -0.2) is 0 Å². The molecule has 1 atom stereocenters. The number of anilines is 2. The highest BCUT2D eigenvalue weighted by atomic mass is 35.5. The first-order chi connectivity index (χ1) is 16.9. The predicted molar refractivity (Wildman–Crippen MR) is 132 cm³/mol. The van der Waals surface area contributed by atoms with Gasteiger partial charge >= 0.3 is 0 Å². The molecule has 1 saturated heterocycles. The Labute approximate surface area is 206 Å². The van der Waals surface area contributed by atoms with Gasteiger partial charge in [0.15, 0.2) is 0 Å². The van der Waals surface area contributed by atoms with Crippen LogP contribution in [-0.2, 0) is 9.59 Å². The molecule has 35 heavy (non-hydrogen) atoms. The highest BCUT2D eigenvalue weighted by Crippen LogP contribution is 2.33. The zero-order valence-electron chi connectivity index (χ0n) is 18.8. The van der Waals surface area contributed by atoms with Crippen molar-refractivity contribution >= 4 is 34.8 Å². The zero-order chi connectivity index (χ0) is 24.4. The molecule has 1 aromatic heterocycles. The molecule has 2 heterocycles. The van der Waals surface area contributed by atoms with Gasteiger partial charge in [0.05, 0.1) is 5.92 Å². The van der Waals surface area contributed by atoms with E-state index in [-0.39, 0.29) is 17.7 Å². The Kier molecular flexibility index (Phi) is 6.20. The van der Waals surface area contributed by atoms with Gasteiger partial charge in [-0.05, 0) is 66.7 Å². The smallest absolute Gasteiger partial charge is 0.232 e. The van der Waals surface area contributed by atoms with Crippen LogP contribution in [0.1, 0.15) is 25.2 Å². The molecule has 0 spiro atoms. The summed E-state index contributed by atoms with van der Waals surface area (Å²) in [5.74, 6) is 1.83. The molecule has 9 heteroatoms. The van der Waals surface area contributed by atoms with Gasteiger partial charge in [0.1, 0.15) is 11.5 Å². The molecule has 8 nitrogen and oxygen atoms in total. The van der Waals surface area contributed by atoms with Crippen LogP contribution < -0.4 is 15.0 Å². The van der Waals surface area contributed by atoms with Crippen molar-refractivity contribution < 1.29 is 18.8 Å². The Morgan fingerprint density at radius 3 is 2.49 bits per heavy atom. The minimum atomic E-state index is -0.189. The summed E-state index contributed by atoms with van der Waals surface area (Å²) in [5.41, 5.74) is 2.22. The fraction of sp³-hybridized carbons (Fsp3) is 0.154. The number of benzene rings is 3. The summed E-state index contributed by atoms with van der Waals surface area (Å²) in [5, 5.41) is 7.39. The van der Waals surface area contributed by atoms with Crippen molar-refractivity contribution in [3.63, 3.8) is 0 Å². The van der Waals surface area contributed by atoms with Crippen molar-refractivity contribution in [1.82, 2.24) is 10.1 Å². The Hall–Kier alpha value is -4.17. The quantitative estimate of drug-likeness (QED) is 0.376. The summed E-state index contributed by atoms with van der Waals surface area (Å²) < 4.78 is 11.4. The second-order valence-corrected chi connectivity index (χ2v) is 8.61. The van der Waals surface area contributed by atoms with Crippen molar-refractivity contribution in [2.24, 2.45) is 0 Å². The van der Waals surface area contributed by atoms with Crippen LogP contribution >= 0.6 is 11.6 Å². The van der Waals surface area contributed by atoms with Crippen molar-refractivity contribution in [2.75, 3.05) is 16.8 Å². The van der Waals surface area contributed by atoms with Gasteiger partial charge in [0.25, 0.3) is 0 Å². The number of nitrogens with one attached hydrogen (secondary N) is 1. The van der Waals surface area contributed by atoms with Crippen molar-refractivity contribution in [3.05, 3.63) is 83.7 Å². The largest absolute Gasteiger partial charge is 0.457 e. The molecule has 1 aliphatic rings. The summed E-state index contributed by atoms with van der Waals surface area (Å²) in [6.45, 7) is 1.91. The van der Waals surface area contributed by atoms with E-state index >= 15 is 0 Å². The van der Waals surface area contributed by atoms with Gasteiger partial charge < -0.3 is 19.5 Å². The third-order valence-electron chi connectivity index (χ3n) is 5.56. The average Bonchev–Trinajstić information content (AvgIpc) is 3.48. The fourth-order valence-corrected chi connectivity index (χ4v) is 4.09. The van der Waals surface area contributed by atoms with Crippen molar-refractivity contribution in [1.29, 1.82) is 0 Å². The first-order valence-corrected chi connectivity index (χ1v) is 11.4. The zero-order valence-corrected chi connectivity index (χ0v) is 19.5. The number of carbonyl (C=O) groups excluding carboxylic acids is 2. The number of hydrogen-bond acceptors (Lipinski definition) is 6. The monoisotopic (exact) mass is 488 g/mol. The summed E-state index contributed by atoms with van der Waals surface area (Å²) in [4.78, 5) is 29.9. The maximum absolute atomic E-state index is 12.6. The lowest BCUT2D eigenvalue weighted by Crippen LogP contribution is -2.24. The fourth-order valence-electron chi connectivity index (χ4n) is 3.90. The van der Waals surface area contributed by atoms with Gasteiger partial charge in [0.2, 0.25) is 23.5 Å². The molecule has 2 amide bonds. The molecule has 3 aromatic carbocycles. The van der Waals surface area contributed by atoms with Crippen LogP contribution in [0.5, 0.6) is 11.5 Å². The minimum Gasteiger partial charge on any atom is -0.457 e. The number of carbonyl (C=O) groups is 2. The van der Waals surface area contributed by atoms with E-state index in [0.717, 1.165) is 11.3 Å². The molecule has 0 saturated carbocycles. The third-order valence-corrected chi connectivity index (χ3v) is 5.79. The second-order valence-electron chi connectivity index (χ2n) is 8.17. The number of nitrogens with zero attached hydrogens (tertiary/aromatic N) is 3. The molecule has 0 aliphatic carbocycles. The van der Waals surface area contributed by atoms with Gasteiger partial charge in [-0.15, -0.1) is 0 Å². The third kappa shape index (κ3) is 5.17. The number of aromatic nitrogens is 2. The van der Waals surface area contributed by atoms with Crippen LogP contribution in [0.4, 0.5) is 11.4 Å². The highest BCUT2D eigenvalue weighted by molar-refractivity contribution is 6.30. The number of ether oxygens (including phenoxy) is 1. The van der Waals surface area contributed by atoms with Crippen LogP contribution in [0.15, 0.2) is 77.3 Å². The highest BCUT2D eigenvalue weighted by Gasteiger charge is 2.35. The summed E-state index contributed by atoms with van der Waals surface area (Å²) in [7, 11) is 0. The Bertz CT molecular complexity index is 1370. The SMILES string of the molecule is CC(=O)Nc1ccc(Oc2ccc(-c3noc([C@@H]4CC(=O)N(c5cccc(Cl)c5)C4)n3)cc2)cc1. The topological polar surface area (TPSA) is 97.6 Å². The predicted octanol–water partition coefficient (Wildman–Crippen LogP) is 5.66. The maximum atomic E-state index is 12.6. The molecule has 0 unspecified atom stereocenters. The molecule has 0 bridgehead atoms. The number of halogens is 1. The average molecular weight is 489 g/mol. The number of amides is 2. The number of rotatable bonds is 6. The standard InChI is InChI=1S/C26H21ClN4O4/c1-16(32)28-20-7-11-23(12-8-20)34-22-9-5-17(6-10-22)25-29-26(35-30-25)18-13-24(33)31(15-18)21-4-2-3-19(27)14-21/h2-12,14,18H,13,15H2,1H3,(H,28,32)/t18-/m1/s1.